The van der Waals surface area contributed by atoms with Gasteiger partial charge >= 0.3 is 0 Å². The van der Waals surface area contributed by atoms with Crippen LogP contribution in [0.3, 0.4) is 0 Å². The lowest BCUT2D eigenvalue weighted by Gasteiger charge is -2.23. The number of hydrogen-bond donors (Lipinski definition) is 4. The third-order valence-electron chi connectivity index (χ3n) is 12.1. The number of carbonyl (C=O) groups excluding carboxylic acids is 1. The highest BCUT2D eigenvalue weighted by Crippen LogP contribution is 2.17. The minimum Gasteiger partial charge on any atom is -0.394 e. The topological polar surface area (TPSA) is 89.8 Å². The molecule has 334 valence electrons. The zero-order chi connectivity index (χ0) is 40.8. The average Bonchev–Trinajstić information content (AvgIpc) is 3.20. The molecule has 0 bridgehead atoms. The van der Waals surface area contributed by atoms with Crippen LogP contribution in [0.4, 0.5) is 0 Å². The van der Waals surface area contributed by atoms with E-state index in [9.17, 15) is 20.1 Å². The van der Waals surface area contributed by atoms with Crippen LogP contribution in [0.25, 0.3) is 0 Å². The van der Waals surface area contributed by atoms with Gasteiger partial charge in [0.25, 0.3) is 0 Å². The van der Waals surface area contributed by atoms with E-state index < -0.39 is 24.2 Å². The number of aliphatic hydroxyl groups is 3. The molecule has 0 saturated carbocycles. The van der Waals surface area contributed by atoms with Gasteiger partial charge in [0.1, 0.15) is 6.10 Å². The summed E-state index contributed by atoms with van der Waals surface area (Å²) in [6.07, 6.45) is 56.7. The summed E-state index contributed by atoms with van der Waals surface area (Å²) in [7, 11) is 0. The molecule has 4 N–H and O–H groups in total. The van der Waals surface area contributed by atoms with Gasteiger partial charge in [0, 0.05) is 0 Å². The van der Waals surface area contributed by atoms with Crippen LogP contribution in [-0.2, 0) is 4.79 Å². The second-order valence-electron chi connectivity index (χ2n) is 17.7. The molecule has 3 unspecified atom stereocenters. The van der Waals surface area contributed by atoms with Crippen LogP contribution in [0.1, 0.15) is 284 Å². The molecule has 0 aliphatic heterocycles. The molecule has 5 heteroatoms. The van der Waals surface area contributed by atoms with E-state index in [1.165, 1.54) is 225 Å². The average molecular weight is 792 g/mol. The van der Waals surface area contributed by atoms with E-state index in [1.807, 2.05) is 0 Å². The highest BCUT2D eigenvalue weighted by Gasteiger charge is 2.23. The number of hydrogen-bond acceptors (Lipinski definition) is 4. The number of aliphatic hydroxyl groups excluding tert-OH is 3. The molecule has 0 saturated heterocycles. The van der Waals surface area contributed by atoms with E-state index in [2.05, 4.69) is 31.3 Å². The largest absolute Gasteiger partial charge is 0.394 e. The summed E-state index contributed by atoms with van der Waals surface area (Å²) in [5.74, 6) is -0.467. The maximum Gasteiger partial charge on any atom is 0.249 e. The standard InChI is InChI=1S/C51H101NO4/c1-3-5-7-9-11-13-15-17-18-19-20-21-22-23-24-25-26-27-28-29-30-31-32-34-36-38-40-42-44-46-50(55)51(56)52-48(47-53)49(54)45-43-41-39-37-35-33-16-14-12-10-8-6-4-2/h23-24,48-50,53-55H,3-22,25-47H2,1-2H3,(H,52,56)/b24-23-. The zero-order valence-electron chi connectivity index (χ0n) is 38.0. The Labute approximate surface area is 350 Å². The molecule has 3 atom stereocenters. The molecule has 0 aromatic heterocycles. The van der Waals surface area contributed by atoms with Crippen molar-refractivity contribution < 1.29 is 20.1 Å². The van der Waals surface area contributed by atoms with Crippen molar-refractivity contribution in [3.05, 3.63) is 12.2 Å². The van der Waals surface area contributed by atoms with Gasteiger partial charge in [-0.3, -0.25) is 4.79 Å². The Hall–Kier alpha value is -0.910. The van der Waals surface area contributed by atoms with E-state index in [1.54, 1.807) is 0 Å². The lowest BCUT2D eigenvalue weighted by molar-refractivity contribution is -0.131. The van der Waals surface area contributed by atoms with Crippen LogP contribution in [0.5, 0.6) is 0 Å². The van der Waals surface area contributed by atoms with Crippen molar-refractivity contribution in [2.24, 2.45) is 0 Å². The number of unbranched alkanes of at least 4 members (excludes halogenated alkanes) is 37. The molecule has 0 radical (unpaired) electrons. The number of allylic oxidation sites excluding steroid dienone is 2. The van der Waals surface area contributed by atoms with Gasteiger partial charge in [-0.2, -0.15) is 0 Å². The fourth-order valence-corrected chi connectivity index (χ4v) is 8.13. The van der Waals surface area contributed by atoms with E-state index in [-0.39, 0.29) is 6.61 Å². The molecule has 0 spiro atoms. The van der Waals surface area contributed by atoms with Crippen molar-refractivity contribution in [1.29, 1.82) is 0 Å². The molecule has 0 aromatic rings. The van der Waals surface area contributed by atoms with E-state index in [0.29, 0.717) is 12.8 Å². The SMILES string of the molecule is CCCCCCCCCCCCCC/C=C\CCCCCCCCCCCCCCCC(O)C(=O)NC(CO)C(O)CCCCCCCCCCCCCCC. The Morgan fingerprint density at radius 1 is 0.411 bits per heavy atom. The molecule has 0 heterocycles. The quantitative estimate of drug-likeness (QED) is 0.0365. The predicted molar refractivity (Wildman–Crippen MR) is 245 cm³/mol. The Bertz CT molecular complexity index is 788. The third kappa shape index (κ3) is 41.3. The van der Waals surface area contributed by atoms with Crippen molar-refractivity contribution in [3.8, 4) is 0 Å². The van der Waals surface area contributed by atoms with E-state index >= 15 is 0 Å². The van der Waals surface area contributed by atoms with Crippen molar-refractivity contribution in [1.82, 2.24) is 5.32 Å². The summed E-state index contributed by atoms with van der Waals surface area (Å²) < 4.78 is 0. The molecule has 0 aliphatic carbocycles. The number of rotatable bonds is 47. The molecule has 0 aromatic carbocycles. The highest BCUT2D eigenvalue weighted by atomic mass is 16.3. The van der Waals surface area contributed by atoms with E-state index in [4.69, 9.17) is 0 Å². The van der Waals surface area contributed by atoms with Crippen LogP contribution in [0.15, 0.2) is 12.2 Å². The van der Waals surface area contributed by atoms with Gasteiger partial charge in [0.05, 0.1) is 18.8 Å². The molecule has 0 rings (SSSR count). The summed E-state index contributed by atoms with van der Waals surface area (Å²) in [5.41, 5.74) is 0. The second kappa shape index (κ2) is 46.8. The Morgan fingerprint density at radius 3 is 0.982 bits per heavy atom. The van der Waals surface area contributed by atoms with Crippen LogP contribution in [0, 0.1) is 0 Å². The first-order chi connectivity index (χ1) is 27.6. The van der Waals surface area contributed by atoms with E-state index in [0.717, 1.165) is 32.1 Å². The molecule has 0 aliphatic rings. The van der Waals surface area contributed by atoms with Gasteiger partial charge < -0.3 is 20.6 Å². The van der Waals surface area contributed by atoms with Crippen molar-refractivity contribution in [3.63, 3.8) is 0 Å². The summed E-state index contributed by atoms with van der Waals surface area (Å²) in [4.78, 5) is 12.5. The first-order valence-corrected chi connectivity index (χ1v) is 25.5. The van der Waals surface area contributed by atoms with Gasteiger partial charge in [-0.25, -0.2) is 0 Å². The maximum atomic E-state index is 12.5. The van der Waals surface area contributed by atoms with Gasteiger partial charge in [0.2, 0.25) is 5.91 Å². The van der Waals surface area contributed by atoms with Crippen LogP contribution in [-0.4, -0.2) is 46.1 Å². The Balaban J connectivity index is 3.50. The minimum atomic E-state index is -1.07. The molecular weight excluding hydrogens is 691 g/mol. The fraction of sp³-hybridized carbons (Fsp3) is 0.941. The molecule has 1 amide bonds. The van der Waals surface area contributed by atoms with Gasteiger partial charge in [-0.1, -0.05) is 257 Å². The summed E-state index contributed by atoms with van der Waals surface area (Å²) in [6.45, 7) is 4.25. The monoisotopic (exact) mass is 792 g/mol. The van der Waals surface area contributed by atoms with Gasteiger partial charge in [-0.15, -0.1) is 0 Å². The Morgan fingerprint density at radius 2 is 0.679 bits per heavy atom. The lowest BCUT2D eigenvalue weighted by Crippen LogP contribution is -2.49. The van der Waals surface area contributed by atoms with Crippen molar-refractivity contribution in [2.75, 3.05) is 6.61 Å². The van der Waals surface area contributed by atoms with Crippen LogP contribution >= 0.6 is 0 Å². The predicted octanol–water partition coefficient (Wildman–Crippen LogP) is 15.2. The van der Waals surface area contributed by atoms with Gasteiger partial charge in [-0.05, 0) is 38.5 Å². The zero-order valence-corrected chi connectivity index (χ0v) is 38.0. The second-order valence-corrected chi connectivity index (χ2v) is 17.7. The maximum absolute atomic E-state index is 12.5. The summed E-state index contributed by atoms with van der Waals surface area (Å²) >= 11 is 0. The number of nitrogens with one attached hydrogen (secondary N) is 1. The smallest absolute Gasteiger partial charge is 0.249 e. The first-order valence-electron chi connectivity index (χ1n) is 25.5. The molecule has 56 heavy (non-hydrogen) atoms. The Kier molecular flexibility index (Phi) is 46.0. The summed E-state index contributed by atoms with van der Waals surface area (Å²) in [5, 5.41) is 33.4. The molecular formula is C51H101NO4. The van der Waals surface area contributed by atoms with Gasteiger partial charge in [0.15, 0.2) is 0 Å². The highest BCUT2D eigenvalue weighted by molar-refractivity contribution is 5.80. The normalized spacial score (nSPS) is 13.4. The first kappa shape index (κ1) is 55.1. The fourth-order valence-electron chi connectivity index (χ4n) is 8.13. The van der Waals surface area contributed by atoms with Crippen LogP contribution in [0.2, 0.25) is 0 Å². The van der Waals surface area contributed by atoms with Crippen LogP contribution < -0.4 is 5.32 Å². The molecule has 5 nitrogen and oxygen atoms in total. The summed E-state index contributed by atoms with van der Waals surface area (Å²) in [6, 6.07) is -0.708. The van der Waals surface area contributed by atoms with Crippen molar-refractivity contribution >= 4 is 5.91 Å². The lowest BCUT2D eigenvalue weighted by atomic mass is 10.0. The minimum absolute atomic E-state index is 0.310. The third-order valence-corrected chi connectivity index (χ3v) is 12.1. The number of amides is 1. The molecule has 0 fully saturated rings. The number of carbonyl (C=O) groups is 1. The van der Waals surface area contributed by atoms with Crippen molar-refractivity contribution in [2.45, 2.75) is 302 Å².